The van der Waals surface area contributed by atoms with E-state index in [4.69, 9.17) is 4.74 Å². The topological polar surface area (TPSA) is 58.6 Å². The molecule has 0 bridgehead atoms. The fraction of sp³-hybridized carbons (Fsp3) is 0.300. The Morgan fingerprint density at radius 2 is 1.69 bits per heavy atom. The van der Waals surface area contributed by atoms with Crippen LogP contribution >= 0.6 is 0 Å². The van der Waals surface area contributed by atoms with Crippen molar-refractivity contribution in [2.45, 2.75) is 32.5 Å². The van der Waals surface area contributed by atoms with Crippen molar-refractivity contribution in [3.8, 4) is 0 Å². The number of rotatable bonds is 6. The van der Waals surface area contributed by atoms with Crippen LogP contribution in [0.15, 0.2) is 54.6 Å². The van der Waals surface area contributed by atoms with Crippen LogP contribution in [0.2, 0.25) is 0 Å². The molecule has 2 amide bonds. The van der Waals surface area contributed by atoms with Crippen molar-refractivity contribution in [1.29, 1.82) is 0 Å². The second kappa shape index (κ2) is 8.99. The van der Waals surface area contributed by atoms with Crippen LogP contribution < -0.4 is 5.32 Å². The Balaban J connectivity index is 1.87. The van der Waals surface area contributed by atoms with E-state index in [0.717, 1.165) is 11.1 Å². The molecule has 2 aromatic rings. The Labute approximate surface area is 152 Å². The average molecular weight is 358 g/mol. The van der Waals surface area contributed by atoms with Crippen LogP contribution in [0.4, 0.5) is 9.18 Å². The Kier molecular flexibility index (Phi) is 6.72. The lowest BCUT2D eigenvalue weighted by Crippen LogP contribution is -2.46. The SMILES string of the molecule is C[C@H](c1ccc(F)cc1)N(C)C(=O)[C@@H](C)NC(=O)OCc1ccccc1. The highest BCUT2D eigenvalue weighted by Gasteiger charge is 2.24. The van der Waals surface area contributed by atoms with E-state index >= 15 is 0 Å². The van der Waals surface area contributed by atoms with Gasteiger partial charge >= 0.3 is 6.09 Å². The molecule has 2 atom stereocenters. The van der Waals surface area contributed by atoms with E-state index in [2.05, 4.69) is 5.32 Å². The van der Waals surface area contributed by atoms with Crippen LogP contribution in [0.3, 0.4) is 0 Å². The molecule has 0 radical (unpaired) electrons. The van der Waals surface area contributed by atoms with Gasteiger partial charge in [-0.3, -0.25) is 4.79 Å². The van der Waals surface area contributed by atoms with E-state index in [1.165, 1.54) is 17.0 Å². The highest BCUT2D eigenvalue weighted by molar-refractivity contribution is 5.85. The van der Waals surface area contributed by atoms with E-state index in [9.17, 15) is 14.0 Å². The third-order valence-corrected chi connectivity index (χ3v) is 4.20. The summed E-state index contributed by atoms with van der Waals surface area (Å²) in [5.74, 6) is -0.593. The molecular weight excluding hydrogens is 335 g/mol. The predicted octanol–water partition coefficient (Wildman–Crippen LogP) is 3.66. The third-order valence-electron chi connectivity index (χ3n) is 4.20. The summed E-state index contributed by atoms with van der Waals surface area (Å²) < 4.78 is 18.2. The molecule has 0 aliphatic rings. The molecule has 6 heteroatoms. The molecule has 0 unspecified atom stereocenters. The van der Waals surface area contributed by atoms with Gasteiger partial charge < -0.3 is 15.0 Å². The summed E-state index contributed by atoms with van der Waals surface area (Å²) in [6.07, 6.45) is -0.655. The monoisotopic (exact) mass is 358 g/mol. The van der Waals surface area contributed by atoms with E-state index in [1.54, 1.807) is 26.1 Å². The molecule has 0 aliphatic heterocycles. The number of ether oxygens (including phenoxy) is 1. The maximum atomic E-state index is 13.0. The maximum absolute atomic E-state index is 13.0. The molecule has 2 rings (SSSR count). The minimum atomic E-state index is -0.744. The molecule has 0 aliphatic carbocycles. The number of hydrogen-bond acceptors (Lipinski definition) is 3. The summed E-state index contributed by atoms with van der Waals surface area (Å²) in [5, 5.41) is 2.53. The number of halogens is 1. The van der Waals surface area contributed by atoms with Gasteiger partial charge in [-0.15, -0.1) is 0 Å². The summed E-state index contributed by atoms with van der Waals surface area (Å²) in [4.78, 5) is 25.9. The molecule has 0 saturated carbocycles. The number of hydrogen-bond donors (Lipinski definition) is 1. The van der Waals surface area contributed by atoms with Gasteiger partial charge in [-0.05, 0) is 37.1 Å². The lowest BCUT2D eigenvalue weighted by Gasteiger charge is -2.28. The number of benzene rings is 2. The van der Waals surface area contributed by atoms with Gasteiger partial charge in [-0.2, -0.15) is 0 Å². The number of amides is 2. The van der Waals surface area contributed by atoms with Crippen LogP contribution in [-0.4, -0.2) is 30.0 Å². The molecule has 0 heterocycles. The Morgan fingerprint density at radius 1 is 1.08 bits per heavy atom. The first-order valence-corrected chi connectivity index (χ1v) is 8.38. The van der Waals surface area contributed by atoms with Crippen LogP contribution in [-0.2, 0) is 16.1 Å². The maximum Gasteiger partial charge on any atom is 0.408 e. The van der Waals surface area contributed by atoms with Crippen LogP contribution in [0.1, 0.15) is 31.0 Å². The zero-order chi connectivity index (χ0) is 19.1. The zero-order valence-electron chi connectivity index (χ0n) is 15.1. The molecule has 0 spiro atoms. The van der Waals surface area contributed by atoms with Gasteiger partial charge in [0.2, 0.25) is 5.91 Å². The molecule has 1 N–H and O–H groups in total. The average Bonchev–Trinajstić information content (AvgIpc) is 2.66. The summed E-state index contributed by atoms with van der Waals surface area (Å²) >= 11 is 0. The van der Waals surface area contributed by atoms with Gasteiger partial charge in [0.1, 0.15) is 18.5 Å². The van der Waals surface area contributed by atoms with Crippen LogP contribution in [0.25, 0.3) is 0 Å². The Hall–Kier alpha value is -2.89. The number of nitrogens with zero attached hydrogens (tertiary/aromatic N) is 1. The molecule has 5 nitrogen and oxygen atoms in total. The van der Waals surface area contributed by atoms with Crippen LogP contribution in [0.5, 0.6) is 0 Å². The minimum Gasteiger partial charge on any atom is -0.445 e. The van der Waals surface area contributed by atoms with Gasteiger partial charge in [-0.1, -0.05) is 42.5 Å². The summed E-state index contributed by atoms with van der Waals surface area (Å²) in [6.45, 7) is 3.57. The van der Waals surface area contributed by atoms with Crippen molar-refractivity contribution in [1.82, 2.24) is 10.2 Å². The van der Waals surface area contributed by atoms with Gasteiger partial charge in [0, 0.05) is 7.05 Å². The normalized spacial score (nSPS) is 12.8. The van der Waals surface area contributed by atoms with Gasteiger partial charge in [0.25, 0.3) is 0 Å². The van der Waals surface area contributed by atoms with Gasteiger partial charge in [-0.25, -0.2) is 9.18 Å². The first kappa shape index (κ1) is 19.4. The van der Waals surface area contributed by atoms with E-state index in [1.807, 2.05) is 37.3 Å². The first-order valence-electron chi connectivity index (χ1n) is 8.38. The highest BCUT2D eigenvalue weighted by Crippen LogP contribution is 2.19. The fourth-order valence-corrected chi connectivity index (χ4v) is 2.46. The molecule has 26 heavy (non-hydrogen) atoms. The lowest BCUT2D eigenvalue weighted by molar-refractivity contribution is -0.133. The quantitative estimate of drug-likeness (QED) is 0.857. The van der Waals surface area contributed by atoms with Gasteiger partial charge in [0.15, 0.2) is 0 Å². The summed E-state index contributed by atoms with van der Waals surface area (Å²) in [5.41, 5.74) is 1.67. The molecule has 0 aromatic heterocycles. The minimum absolute atomic E-state index is 0.134. The largest absolute Gasteiger partial charge is 0.445 e. The zero-order valence-corrected chi connectivity index (χ0v) is 15.1. The molecule has 138 valence electrons. The Bertz CT molecular complexity index is 734. The number of likely N-dealkylation sites (N-methyl/N-ethyl adjacent to an activating group) is 1. The summed E-state index contributed by atoms with van der Waals surface area (Å²) in [6, 6.07) is 14.3. The number of carbonyl (C=O) groups excluding carboxylic acids is 2. The molecule has 0 saturated heterocycles. The second-order valence-corrected chi connectivity index (χ2v) is 6.10. The van der Waals surface area contributed by atoms with E-state index < -0.39 is 12.1 Å². The number of alkyl carbamates (subject to hydrolysis) is 1. The predicted molar refractivity (Wildman–Crippen MR) is 96.8 cm³/mol. The summed E-state index contributed by atoms with van der Waals surface area (Å²) in [7, 11) is 1.64. The van der Waals surface area contributed by atoms with Crippen molar-refractivity contribution in [2.75, 3.05) is 7.05 Å². The first-order chi connectivity index (χ1) is 12.4. The van der Waals surface area contributed by atoms with Crippen molar-refractivity contribution < 1.29 is 18.7 Å². The highest BCUT2D eigenvalue weighted by atomic mass is 19.1. The second-order valence-electron chi connectivity index (χ2n) is 6.10. The molecule has 0 fully saturated rings. The number of nitrogens with one attached hydrogen (secondary N) is 1. The van der Waals surface area contributed by atoms with Crippen LogP contribution in [0, 0.1) is 5.82 Å². The van der Waals surface area contributed by atoms with Crippen molar-refractivity contribution >= 4 is 12.0 Å². The molecule has 2 aromatic carbocycles. The third kappa shape index (κ3) is 5.31. The fourth-order valence-electron chi connectivity index (χ4n) is 2.46. The van der Waals surface area contributed by atoms with E-state index in [-0.39, 0.29) is 24.4 Å². The smallest absolute Gasteiger partial charge is 0.408 e. The number of carbonyl (C=O) groups is 2. The van der Waals surface area contributed by atoms with Crippen molar-refractivity contribution in [3.05, 3.63) is 71.5 Å². The van der Waals surface area contributed by atoms with Gasteiger partial charge in [0.05, 0.1) is 6.04 Å². The lowest BCUT2D eigenvalue weighted by atomic mass is 10.1. The molecular formula is C20H23FN2O3. The standard InChI is InChI=1S/C20H23FN2O3/c1-14(22-20(25)26-13-16-7-5-4-6-8-16)19(24)23(3)15(2)17-9-11-18(21)12-10-17/h4-12,14-15H,13H2,1-3H3,(H,22,25)/t14-,15-/m1/s1. The van der Waals surface area contributed by atoms with E-state index in [0.29, 0.717) is 0 Å². The van der Waals surface area contributed by atoms with Crippen molar-refractivity contribution in [2.24, 2.45) is 0 Å². The Morgan fingerprint density at radius 3 is 2.31 bits per heavy atom. The van der Waals surface area contributed by atoms with Crippen molar-refractivity contribution in [3.63, 3.8) is 0 Å².